The summed E-state index contributed by atoms with van der Waals surface area (Å²) in [6.45, 7) is 0.958. The molecule has 0 aromatic carbocycles. The summed E-state index contributed by atoms with van der Waals surface area (Å²) in [5, 5.41) is 6.14. The number of hydrogen-bond acceptors (Lipinski definition) is 6. The number of ether oxygens (including phenoxy) is 1. The average Bonchev–Trinajstić information content (AvgIpc) is 3.00. The Kier molecular flexibility index (Phi) is 3.93. The molecule has 0 atom stereocenters. The number of carbonyl (C=O) groups is 1. The number of anilines is 1. The minimum Gasteiger partial charge on any atom is -0.469 e. The van der Waals surface area contributed by atoms with Gasteiger partial charge in [-0.1, -0.05) is 0 Å². The van der Waals surface area contributed by atoms with Crippen LogP contribution >= 0.6 is 23.1 Å². The van der Waals surface area contributed by atoms with Gasteiger partial charge in [-0.15, -0.1) is 11.3 Å². The third kappa shape index (κ3) is 3.35. The number of nitrogens with one attached hydrogen (secondary N) is 1. The monoisotopic (exact) mass is 272 g/mol. The molecule has 0 saturated heterocycles. The van der Waals surface area contributed by atoms with E-state index in [0.29, 0.717) is 4.75 Å². The molecule has 2 rings (SSSR count). The zero-order valence-electron chi connectivity index (χ0n) is 9.99. The highest BCUT2D eigenvalue weighted by Gasteiger charge is 2.41. The molecule has 1 aliphatic rings. The van der Waals surface area contributed by atoms with E-state index >= 15 is 0 Å². The lowest BCUT2D eigenvalue weighted by Gasteiger charge is -2.11. The second-order valence-electron chi connectivity index (χ2n) is 4.14. The Morgan fingerprint density at radius 2 is 2.47 bits per heavy atom. The third-order valence-electron chi connectivity index (χ3n) is 2.91. The van der Waals surface area contributed by atoms with Crippen molar-refractivity contribution in [2.45, 2.75) is 24.0 Å². The quantitative estimate of drug-likeness (QED) is 0.804. The van der Waals surface area contributed by atoms with Gasteiger partial charge >= 0.3 is 5.97 Å². The summed E-state index contributed by atoms with van der Waals surface area (Å²) in [6.07, 6.45) is 4.96. The lowest BCUT2D eigenvalue weighted by molar-refractivity contribution is -0.139. The molecule has 0 aliphatic heterocycles. The lowest BCUT2D eigenvalue weighted by atomic mass is 10.3. The van der Waals surface area contributed by atoms with Gasteiger partial charge in [-0.2, -0.15) is 11.8 Å². The summed E-state index contributed by atoms with van der Waals surface area (Å²) < 4.78 is 5.03. The van der Waals surface area contributed by atoms with E-state index < -0.39 is 0 Å². The molecule has 0 spiro atoms. The number of esters is 1. The highest BCUT2D eigenvalue weighted by Crippen LogP contribution is 2.47. The van der Waals surface area contributed by atoms with Crippen LogP contribution < -0.4 is 5.32 Å². The topological polar surface area (TPSA) is 51.2 Å². The Labute approximate surface area is 109 Å². The van der Waals surface area contributed by atoms with Crippen molar-refractivity contribution in [3.05, 3.63) is 11.1 Å². The fourth-order valence-electron chi connectivity index (χ4n) is 1.52. The Hall–Kier alpha value is -0.750. The Morgan fingerprint density at radius 3 is 3.06 bits per heavy atom. The summed E-state index contributed by atoms with van der Waals surface area (Å²) in [5.74, 6) is -0.246. The van der Waals surface area contributed by atoms with E-state index in [-0.39, 0.29) is 12.4 Å². The van der Waals surface area contributed by atoms with Crippen molar-refractivity contribution >= 4 is 34.2 Å². The second kappa shape index (κ2) is 5.27. The van der Waals surface area contributed by atoms with Crippen LogP contribution in [-0.2, 0) is 16.0 Å². The van der Waals surface area contributed by atoms with E-state index in [1.807, 2.05) is 17.1 Å². The van der Waals surface area contributed by atoms with E-state index in [9.17, 15) is 4.79 Å². The third-order valence-corrected chi connectivity index (χ3v) is 5.17. The van der Waals surface area contributed by atoms with Gasteiger partial charge in [0.05, 0.1) is 19.2 Å². The molecule has 1 N–H and O–H groups in total. The molecule has 4 nitrogen and oxygen atoms in total. The first kappa shape index (κ1) is 12.7. The molecule has 1 aliphatic carbocycles. The maximum atomic E-state index is 11.1. The minimum absolute atomic E-state index is 0.246. The molecule has 6 heteroatoms. The first-order valence-corrected chi connectivity index (χ1v) is 7.58. The SMILES string of the molecule is COC(=O)Cc1csc(NCC2(SC)CC2)n1. The van der Waals surface area contributed by atoms with Crippen LogP contribution in [0.1, 0.15) is 18.5 Å². The van der Waals surface area contributed by atoms with Crippen LogP contribution in [0, 0.1) is 0 Å². The number of methoxy groups -OCH3 is 1. The van der Waals surface area contributed by atoms with E-state index in [0.717, 1.165) is 17.4 Å². The summed E-state index contributed by atoms with van der Waals surface area (Å²) in [4.78, 5) is 15.4. The highest BCUT2D eigenvalue weighted by molar-refractivity contribution is 8.00. The predicted octanol–water partition coefficient (Wildman–Crippen LogP) is 2.17. The van der Waals surface area contributed by atoms with Crippen molar-refractivity contribution in [3.8, 4) is 0 Å². The molecule has 17 heavy (non-hydrogen) atoms. The molecule has 1 aromatic rings. The summed E-state index contributed by atoms with van der Waals surface area (Å²) in [5.41, 5.74) is 0.776. The van der Waals surface area contributed by atoms with Crippen molar-refractivity contribution in [2.75, 3.05) is 25.2 Å². The van der Waals surface area contributed by atoms with E-state index in [1.165, 1.54) is 20.0 Å². The fraction of sp³-hybridized carbons (Fsp3) is 0.636. The first-order valence-electron chi connectivity index (χ1n) is 5.48. The summed E-state index contributed by atoms with van der Waals surface area (Å²) in [7, 11) is 1.39. The first-order chi connectivity index (χ1) is 8.17. The Balaban J connectivity index is 1.84. The van der Waals surface area contributed by atoms with Gasteiger partial charge in [0, 0.05) is 16.7 Å². The van der Waals surface area contributed by atoms with Gasteiger partial charge in [-0.05, 0) is 19.1 Å². The van der Waals surface area contributed by atoms with E-state index in [4.69, 9.17) is 0 Å². The Morgan fingerprint density at radius 1 is 1.71 bits per heavy atom. The van der Waals surface area contributed by atoms with Crippen molar-refractivity contribution < 1.29 is 9.53 Å². The molecule has 0 radical (unpaired) electrons. The smallest absolute Gasteiger partial charge is 0.311 e. The normalized spacial score (nSPS) is 16.6. The van der Waals surface area contributed by atoms with Gasteiger partial charge in [0.15, 0.2) is 5.13 Å². The van der Waals surface area contributed by atoms with Gasteiger partial charge in [0.2, 0.25) is 0 Å². The number of carbonyl (C=O) groups excluding carboxylic acids is 1. The molecule has 1 saturated carbocycles. The zero-order chi connectivity index (χ0) is 12.3. The number of nitrogens with zero attached hydrogens (tertiary/aromatic N) is 1. The molecule has 1 fully saturated rings. The number of aromatic nitrogens is 1. The van der Waals surface area contributed by atoms with Crippen molar-refractivity contribution in [1.29, 1.82) is 0 Å². The van der Waals surface area contributed by atoms with Crippen LogP contribution in [0.4, 0.5) is 5.13 Å². The van der Waals surface area contributed by atoms with Crippen LogP contribution in [0.5, 0.6) is 0 Å². The molecule has 1 heterocycles. The molecular formula is C11H16N2O2S2. The second-order valence-corrected chi connectivity index (χ2v) is 6.27. The van der Waals surface area contributed by atoms with Crippen LogP contribution in [0.2, 0.25) is 0 Å². The highest BCUT2D eigenvalue weighted by atomic mass is 32.2. The maximum Gasteiger partial charge on any atom is 0.311 e. The largest absolute Gasteiger partial charge is 0.469 e. The molecule has 94 valence electrons. The number of thiazole rings is 1. The van der Waals surface area contributed by atoms with Gasteiger partial charge in [0.25, 0.3) is 0 Å². The van der Waals surface area contributed by atoms with Crippen LogP contribution in [0.25, 0.3) is 0 Å². The van der Waals surface area contributed by atoms with Gasteiger partial charge in [0.1, 0.15) is 0 Å². The predicted molar refractivity (Wildman–Crippen MR) is 71.8 cm³/mol. The molecule has 0 unspecified atom stereocenters. The van der Waals surface area contributed by atoms with Gasteiger partial charge in [-0.3, -0.25) is 4.79 Å². The minimum atomic E-state index is -0.246. The maximum absolute atomic E-state index is 11.1. The summed E-state index contributed by atoms with van der Waals surface area (Å²) >= 11 is 3.46. The van der Waals surface area contributed by atoms with Crippen LogP contribution in [0.3, 0.4) is 0 Å². The standard InChI is InChI=1S/C11H16N2O2S2/c1-15-9(14)5-8-6-17-10(13-8)12-7-11(16-2)3-4-11/h6H,3-5,7H2,1-2H3,(H,12,13). The van der Waals surface area contributed by atoms with Crippen molar-refractivity contribution in [2.24, 2.45) is 0 Å². The lowest BCUT2D eigenvalue weighted by Crippen LogP contribution is -2.17. The van der Waals surface area contributed by atoms with Crippen molar-refractivity contribution in [1.82, 2.24) is 4.98 Å². The molecular weight excluding hydrogens is 256 g/mol. The number of hydrogen-bond donors (Lipinski definition) is 1. The molecule has 1 aromatic heterocycles. The van der Waals surface area contributed by atoms with E-state index in [2.05, 4.69) is 21.3 Å². The number of rotatable bonds is 6. The van der Waals surface area contributed by atoms with Crippen LogP contribution in [0.15, 0.2) is 5.38 Å². The fourth-order valence-corrected chi connectivity index (χ4v) is 2.95. The zero-order valence-corrected chi connectivity index (χ0v) is 11.6. The van der Waals surface area contributed by atoms with Gasteiger partial charge in [-0.25, -0.2) is 4.98 Å². The van der Waals surface area contributed by atoms with Crippen molar-refractivity contribution in [3.63, 3.8) is 0 Å². The summed E-state index contributed by atoms with van der Waals surface area (Å²) in [6, 6.07) is 0. The molecule has 0 amide bonds. The molecule has 0 bridgehead atoms. The average molecular weight is 272 g/mol. The number of thioether (sulfide) groups is 1. The van der Waals surface area contributed by atoms with Crippen LogP contribution in [-0.4, -0.2) is 35.6 Å². The van der Waals surface area contributed by atoms with E-state index in [1.54, 1.807) is 11.3 Å². The van der Waals surface area contributed by atoms with Gasteiger partial charge < -0.3 is 10.1 Å². The Bertz CT molecular complexity index is 402.